The summed E-state index contributed by atoms with van der Waals surface area (Å²) >= 11 is 0. The van der Waals surface area contributed by atoms with E-state index in [-0.39, 0.29) is 11.5 Å². The Morgan fingerprint density at radius 1 is 1.31 bits per heavy atom. The van der Waals surface area contributed by atoms with Crippen LogP contribution in [0.5, 0.6) is 5.75 Å². The Labute approximate surface area is 95.8 Å². The first kappa shape index (κ1) is 13.0. The molecule has 1 aromatic rings. The fraction of sp³-hybridized carbons (Fsp3) is 0.455. The number of hydrogen-bond donors (Lipinski definition) is 1. The van der Waals surface area contributed by atoms with Crippen molar-refractivity contribution in [2.75, 3.05) is 13.7 Å². The van der Waals surface area contributed by atoms with Crippen molar-refractivity contribution in [1.29, 1.82) is 0 Å². The highest BCUT2D eigenvalue weighted by atomic mass is 32.2. The van der Waals surface area contributed by atoms with Crippen LogP contribution >= 0.6 is 0 Å². The third-order valence-electron chi connectivity index (χ3n) is 2.49. The molecule has 5 heteroatoms. The summed E-state index contributed by atoms with van der Waals surface area (Å²) in [5, 5.41) is 8.28. The molecule has 0 aliphatic heterocycles. The van der Waals surface area contributed by atoms with Crippen LogP contribution in [0.3, 0.4) is 0 Å². The summed E-state index contributed by atoms with van der Waals surface area (Å²) in [6.07, 6.45) is 0.394. The number of aliphatic hydroxyl groups excluding tert-OH is 1. The predicted octanol–water partition coefficient (Wildman–Crippen LogP) is 1.24. The fourth-order valence-electron chi connectivity index (χ4n) is 1.40. The normalized spacial score (nSPS) is 13.4. The van der Waals surface area contributed by atoms with Crippen LogP contribution < -0.4 is 4.74 Å². The molecule has 0 saturated heterocycles. The summed E-state index contributed by atoms with van der Waals surface area (Å²) in [6, 6.07) is 6.17. The van der Waals surface area contributed by atoms with Crippen LogP contribution in [-0.2, 0) is 9.84 Å². The van der Waals surface area contributed by atoms with E-state index in [0.717, 1.165) is 0 Å². The summed E-state index contributed by atoms with van der Waals surface area (Å²) in [5.74, 6) is 0.607. The molecule has 0 bridgehead atoms. The molecule has 0 heterocycles. The second-order valence-corrected chi connectivity index (χ2v) is 5.66. The number of hydrogen-bond acceptors (Lipinski definition) is 4. The van der Waals surface area contributed by atoms with Gasteiger partial charge < -0.3 is 9.84 Å². The Hall–Kier alpha value is -1.07. The van der Waals surface area contributed by atoms with E-state index in [2.05, 4.69) is 0 Å². The van der Waals surface area contributed by atoms with Crippen LogP contribution in [0.15, 0.2) is 29.2 Å². The van der Waals surface area contributed by atoms with Gasteiger partial charge in [-0.1, -0.05) is 6.92 Å². The van der Waals surface area contributed by atoms with E-state index in [1.54, 1.807) is 19.1 Å². The van der Waals surface area contributed by atoms with E-state index >= 15 is 0 Å². The van der Waals surface area contributed by atoms with Gasteiger partial charge in [-0.15, -0.1) is 0 Å². The quantitative estimate of drug-likeness (QED) is 0.846. The van der Waals surface area contributed by atoms with Crippen molar-refractivity contribution in [3.05, 3.63) is 24.3 Å². The second kappa shape index (κ2) is 5.32. The molecular weight excluding hydrogens is 228 g/mol. The van der Waals surface area contributed by atoms with Gasteiger partial charge in [-0.25, -0.2) is 8.42 Å². The lowest BCUT2D eigenvalue weighted by Gasteiger charge is -2.13. The predicted molar refractivity (Wildman–Crippen MR) is 61.3 cm³/mol. The van der Waals surface area contributed by atoms with Crippen molar-refractivity contribution >= 4 is 9.84 Å². The van der Waals surface area contributed by atoms with Crippen LogP contribution in [0, 0.1) is 0 Å². The molecule has 0 saturated carbocycles. The molecule has 16 heavy (non-hydrogen) atoms. The van der Waals surface area contributed by atoms with E-state index in [1.807, 2.05) is 0 Å². The largest absolute Gasteiger partial charge is 0.497 e. The molecule has 0 aliphatic carbocycles. The minimum Gasteiger partial charge on any atom is -0.497 e. The molecule has 0 aliphatic rings. The summed E-state index contributed by atoms with van der Waals surface area (Å²) < 4.78 is 28.9. The molecule has 0 fully saturated rings. The zero-order valence-corrected chi connectivity index (χ0v) is 10.2. The number of methoxy groups -OCH3 is 1. The van der Waals surface area contributed by atoms with Gasteiger partial charge in [0.25, 0.3) is 0 Å². The van der Waals surface area contributed by atoms with Gasteiger partial charge >= 0.3 is 0 Å². The van der Waals surface area contributed by atoms with Gasteiger partial charge in [0.15, 0.2) is 9.84 Å². The maximum absolute atomic E-state index is 12.0. The van der Waals surface area contributed by atoms with Crippen molar-refractivity contribution in [3.8, 4) is 5.75 Å². The summed E-state index contributed by atoms with van der Waals surface area (Å²) in [7, 11) is -1.91. The zero-order valence-electron chi connectivity index (χ0n) is 9.38. The van der Waals surface area contributed by atoms with Crippen molar-refractivity contribution in [2.24, 2.45) is 0 Å². The molecule has 4 nitrogen and oxygen atoms in total. The fourth-order valence-corrected chi connectivity index (χ4v) is 2.94. The molecule has 1 N–H and O–H groups in total. The highest BCUT2D eigenvalue weighted by Crippen LogP contribution is 2.20. The minimum atomic E-state index is -3.43. The van der Waals surface area contributed by atoms with Crippen LogP contribution in [0.25, 0.3) is 0 Å². The number of ether oxygens (including phenoxy) is 1. The Morgan fingerprint density at radius 3 is 2.25 bits per heavy atom. The van der Waals surface area contributed by atoms with Gasteiger partial charge in [-0.3, -0.25) is 0 Å². The Balaban J connectivity index is 3.07. The summed E-state index contributed by atoms with van der Waals surface area (Å²) in [5.41, 5.74) is 0. The molecule has 0 aromatic heterocycles. The maximum atomic E-state index is 12.0. The third-order valence-corrected chi connectivity index (χ3v) is 4.78. The topological polar surface area (TPSA) is 63.6 Å². The van der Waals surface area contributed by atoms with Crippen LogP contribution in [-0.4, -0.2) is 32.5 Å². The van der Waals surface area contributed by atoms with Crippen LogP contribution in [0.1, 0.15) is 13.3 Å². The van der Waals surface area contributed by atoms with E-state index < -0.39 is 15.1 Å². The number of sulfone groups is 1. The molecule has 1 rings (SSSR count). The molecule has 0 radical (unpaired) electrons. The molecule has 1 aromatic carbocycles. The Kier molecular flexibility index (Phi) is 4.32. The molecular formula is C11H16O4S. The van der Waals surface area contributed by atoms with Gasteiger partial charge in [0.05, 0.1) is 23.9 Å². The van der Waals surface area contributed by atoms with Crippen molar-refractivity contribution in [1.82, 2.24) is 0 Å². The minimum absolute atomic E-state index is 0.217. The van der Waals surface area contributed by atoms with Gasteiger partial charge in [-0.2, -0.15) is 0 Å². The first-order valence-electron chi connectivity index (χ1n) is 5.05. The van der Waals surface area contributed by atoms with Crippen LogP contribution in [0.2, 0.25) is 0 Å². The highest BCUT2D eigenvalue weighted by molar-refractivity contribution is 7.92. The smallest absolute Gasteiger partial charge is 0.183 e. The van der Waals surface area contributed by atoms with E-state index in [1.165, 1.54) is 19.2 Å². The summed E-state index contributed by atoms with van der Waals surface area (Å²) in [6.45, 7) is 1.38. The number of benzene rings is 1. The number of aliphatic hydroxyl groups is 1. The maximum Gasteiger partial charge on any atom is 0.183 e. The van der Waals surface area contributed by atoms with Gasteiger partial charge in [-0.05, 0) is 30.7 Å². The van der Waals surface area contributed by atoms with Crippen LogP contribution in [0.4, 0.5) is 0 Å². The van der Waals surface area contributed by atoms with Crippen molar-refractivity contribution < 1.29 is 18.3 Å². The highest BCUT2D eigenvalue weighted by Gasteiger charge is 2.24. The first-order chi connectivity index (χ1) is 7.56. The van der Waals surface area contributed by atoms with Crippen molar-refractivity contribution in [2.45, 2.75) is 23.5 Å². The SMILES string of the molecule is CCC(CO)S(=O)(=O)c1ccc(OC)cc1. The lowest BCUT2D eigenvalue weighted by atomic mass is 10.3. The first-order valence-corrected chi connectivity index (χ1v) is 6.59. The van der Waals surface area contributed by atoms with E-state index in [0.29, 0.717) is 12.2 Å². The molecule has 0 spiro atoms. The van der Waals surface area contributed by atoms with E-state index in [4.69, 9.17) is 9.84 Å². The molecule has 1 atom stereocenters. The Morgan fingerprint density at radius 2 is 1.88 bits per heavy atom. The molecule has 1 unspecified atom stereocenters. The standard InChI is InChI=1S/C11H16O4S/c1-3-10(8-12)16(13,14)11-6-4-9(15-2)5-7-11/h4-7,10,12H,3,8H2,1-2H3. The summed E-state index contributed by atoms with van der Waals surface area (Å²) in [4.78, 5) is 0.217. The lowest BCUT2D eigenvalue weighted by molar-refractivity contribution is 0.287. The third kappa shape index (κ3) is 2.54. The van der Waals surface area contributed by atoms with E-state index in [9.17, 15) is 8.42 Å². The monoisotopic (exact) mass is 244 g/mol. The van der Waals surface area contributed by atoms with Crippen molar-refractivity contribution in [3.63, 3.8) is 0 Å². The average Bonchev–Trinajstić information content (AvgIpc) is 2.30. The zero-order chi connectivity index (χ0) is 12.2. The number of rotatable bonds is 5. The Bertz CT molecular complexity index is 418. The second-order valence-electron chi connectivity index (χ2n) is 3.43. The molecule has 90 valence electrons. The average molecular weight is 244 g/mol. The van der Waals surface area contributed by atoms with Gasteiger partial charge in [0.2, 0.25) is 0 Å². The van der Waals surface area contributed by atoms with Gasteiger partial charge in [0, 0.05) is 0 Å². The molecule has 0 amide bonds. The lowest BCUT2D eigenvalue weighted by Crippen LogP contribution is -2.24. The van der Waals surface area contributed by atoms with Gasteiger partial charge in [0.1, 0.15) is 5.75 Å².